The second kappa shape index (κ2) is 8.56. The number of rotatable bonds is 10. The highest BCUT2D eigenvalue weighted by Gasteiger charge is 2.57. The molecule has 0 radical (unpaired) electrons. The molecule has 2 aliphatic rings. The fourth-order valence-corrected chi connectivity index (χ4v) is 4.39. The molecule has 2 heterocycles. The average Bonchev–Trinajstić information content (AvgIpc) is 3.20. The summed E-state index contributed by atoms with van der Waals surface area (Å²) in [7, 11) is 4.18. The maximum absolute atomic E-state index is 12.7. The summed E-state index contributed by atoms with van der Waals surface area (Å²) in [5.74, 6) is 1.45. The van der Waals surface area contributed by atoms with E-state index in [1.54, 1.807) is 0 Å². The van der Waals surface area contributed by atoms with Crippen LogP contribution in [0.25, 0.3) is 0 Å². The van der Waals surface area contributed by atoms with Crippen molar-refractivity contribution in [3.05, 3.63) is 47.5 Å². The van der Waals surface area contributed by atoms with Crippen LogP contribution in [0.4, 0.5) is 11.4 Å². The molecule has 2 aromatic carbocycles. The standard InChI is InChI=1S/C24H31N3O3/c1-5-29-20-14-18-19(15-21(20)30-6-2)27-23(22(18)24(27)28)16-8-10-17(11-9-16)25-12-7-13-26(3)4/h8-11,14-15,22-23,25H,5-7,12-13H2,1-4H3. The van der Waals surface area contributed by atoms with E-state index in [4.69, 9.17) is 9.47 Å². The lowest BCUT2D eigenvalue weighted by Gasteiger charge is -2.38. The number of ether oxygens (including phenoxy) is 2. The minimum absolute atomic E-state index is 0.0571. The number of carbonyl (C=O) groups is 1. The molecule has 1 fully saturated rings. The summed E-state index contributed by atoms with van der Waals surface area (Å²) in [5, 5.41) is 3.47. The third kappa shape index (κ3) is 3.60. The van der Waals surface area contributed by atoms with Crippen molar-refractivity contribution in [2.24, 2.45) is 0 Å². The van der Waals surface area contributed by atoms with E-state index < -0.39 is 0 Å². The van der Waals surface area contributed by atoms with E-state index in [-0.39, 0.29) is 17.9 Å². The second-order valence-corrected chi connectivity index (χ2v) is 8.06. The number of hydrogen-bond donors (Lipinski definition) is 1. The van der Waals surface area contributed by atoms with Crippen LogP contribution < -0.4 is 19.7 Å². The number of fused-ring (bicyclic) bond motifs is 5. The van der Waals surface area contributed by atoms with Gasteiger partial charge >= 0.3 is 0 Å². The Bertz CT molecular complexity index is 868. The third-order valence-electron chi connectivity index (χ3n) is 5.75. The van der Waals surface area contributed by atoms with Gasteiger partial charge in [0.15, 0.2) is 11.5 Å². The molecule has 0 aliphatic carbocycles. The fourth-order valence-electron chi connectivity index (χ4n) is 4.39. The number of anilines is 2. The molecule has 0 aromatic heterocycles. The zero-order valence-electron chi connectivity index (χ0n) is 18.3. The van der Waals surface area contributed by atoms with Crippen LogP contribution in [0.2, 0.25) is 0 Å². The maximum Gasteiger partial charge on any atom is 0.237 e. The largest absolute Gasteiger partial charge is 0.490 e. The second-order valence-electron chi connectivity index (χ2n) is 8.06. The van der Waals surface area contributed by atoms with Crippen molar-refractivity contribution >= 4 is 17.3 Å². The molecule has 160 valence electrons. The molecule has 2 aliphatic heterocycles. The Morgan fingerprint density at radius 1 is 1.03 bits per heavy atom. The van der Waals surface area contributed by atoms with E-state index in [1.165, 1.54) is 0 Å². The van der Waals surface area contributed by atoms with E-state index in [2.05, 4.69) is 48.6 Å². The highest BCUT2D eigenvalue weighted by atomic mass is 16.5. The van der Waals surface area contributed by atoms with Crippen molar-refractivity contribution in [1.29, 1.82) is 0 Å². The molecule has 1 N–H and O–H groups in total. The Kier molecular flexibility index (Phi) is 5.86. The van der Waals surface area contributed by atoms with Gasteiger partial charge in [-0.05, 0) is 70.2 Å². The van der Waals surface area contributed by atoms with E-state index in [0.717, 1.165) is 47.8 Å². The molecule has 0 saturated carbocycles. The molecule has 30 heavy (non-hydrogen) atoms. The van der Waals surface area contributed by atoms with Gasteiger partial charge < -0.3 is 24.6 Å². The van der Waals surface area contributed by atoms with Crippen molar-refractivity contribution in [3.8, 4) is 11.5 Å². The first-order valence-corrected chi connectivity index (χ1v) is 10.8. The van der Waals surface area contributed by atoms with Crippen molar-refractivity contribution < 1.29 is 14.3 Å². The zero-order chi connectivity index (χ0) is 21.3. The van der Waals surface area contributed by atoms with Crippen molar-refractivity contribution in [2.45, 2.75) is 32.2 Å². The van der Waals surface area contributed by atoms with E-state index in [9.17, 15) is 4.79 Å². The minimum Gasteiger partial charge on any atom is -0.490 e. The fraction of sp³-hybridized carbons (Fsp3) is 0.458. The molecule has 0 spiro atoms. The minimum atomic E-state index is -0.131. The molecule has 6 heteroatoms. The summed E-state index contributed by atoms with van der Waals surface area (Å²) in [6.07, 6.45) is 1.10. The first-order chi connectivity index (χ1) is 14.5. The van der Waals surface area contributed by atoms with Crippen LogP contribution in [0.15, 0.2) is 36.4 Å². The first kappa shape index (κ1) is 20.5. The van der Waals surface area contributed by atoms with Gasteiger partial charge in [-0.15, -0.1) is 0 Å². The molecule has 2 unspecified atom stereocenters. The third-order valence-corrected chi connectivity index (χ3v) is 5.75. The Balaban J connectivity index is 1.50. The van der Waals surface area contributed by atoms with Crippen molar-refractivity contribution in [1.82, 2.24) is 4.90 Å². The number of β-lactam (4-membered cyclic amide) rings is 1. The quantitative estimate of drug-likeness (QED) is 0.474. The van der Waals surface area contributed by atoms with Crippen LogP contribution in [0.5, 0.6) is 11.5 Å². The van der Waals surface area contributed by atoms with Gasteiger partial charge in [0.05, 0.1) is 30.9 Å². The highest BCUT2D eigenvalue weighted by Crippen LogP contribution is 2.60. The number of benzene rings is 2. The lowest BCUT2D eigenvalue weighted by Crippen LogP contribution is -2.47. The normalized spacial score (nSPS) is 19.0. The topological polar surface area (TPSA) is 54.0 Å². The monoisotopic (exact) mass is 409 g/mol. The molecule has 4 rings (SSSR count). The van der Waals surface area contributed by atoms with Gasteiger partial charge in [-0.2, -0.15) is 0 Å². The molecule has 2 aromatic rings. The number of amides is 1. The molecule has 2 bridgehead atoms. The lowest BCUT2D eigenvalue weighted by atomic mass is 9.84. The Morgan fingerprint density at radius 3 is 2.33 bits per heavy atom. The van der Waals surface area contributed by atoms with Gasteiger partial charge in [0.2, 0.25) is 5.91 Å². The van der Waals surface area contributed by atoms with Crippen LogP contribution in [0, 0.1) is 0 Å². The summed E-state index contributed by atoms with van der Waals surface area (Å²) in [5.41, 5.74) is 4.27. The van der Waals surface area contributed by atoms with Crippen molar-refractivity contribution in [2.75, 3.05) is 50.6 Å². The molecule has 2 atom stereocenters. The SMILES string of the molecule is CCOc1cc2c(cc1OCC)N1C(=O)C2C1c1ccc(NCCCN(C)C)cc1. The summed E-state index contributed by atoms with van der Waals surface area (Å²) >= 11 is 0. The zero-order valence-corrected chi connectivity index (χ0v) is 18.3. The molecular formula is C24H31N3O3. The summed E-state index contributed by atoms with van der Waals surface area (Å²) in [6.45, 7) is 7.04. The number of nitrogens with one attached hydrogen (secondary N) is 1. The maximum atomic E-state index is 12.7. The Morgan fingerprint density at radius 2 is 1.70 bits per heavy atom. The Hall–Kier alpha value is -2.73. The number of hydrogen-bond acceptors (Lipinski definition) is 5. The highest BCUT2D eigenvalue weighted by molar-refractivity contribution is 6.13. The summed E-state index contributed by atoms with van der Waals surface area (Å²) in [6, 6.07) is 12.5. The van der Waals surface area contributed by atoms with Gasteiger partial charge in [0.1, 0.15) is 0 Å². The van der Waals surface area contributed by atoms with Crippen LogP contribution in [-0.4, -0.2) is 51.2 Å². The van der Waals surface area contributed by atoms with E-state index >= 15 is 0 Å². The van der Waals surface area contributed by atoms with Gasteiger partial charge in [-0.1, -0.05) is 12.1 Å². The number of nitrogens with zero attached hydrogens (tertiary/aromatic N) is 2. The van der Waals surface area contributed by atoms with Gasteiger partial charge in [0, 0.05) is 18.3 Å². The van der Waals surface area contributed by atoms with Gasteiger partial charge in [-0.3, -0.25) is 4.79 Å². The summed E-state index contributed by atoms with van der Waals surface area (Å²) in [4.78, 5) is 16.8. The predicted molar refractivity (Wildman–Crippen MR) is 120 cm³/mol. The molecular weight excluding hydrogens is 378 g/mol. The number of carbonyl (C=O) groups excluding carboxylic acids is 1. The van der Waals surface area contributed by atoms with Crippen LogP contribution >= 0.6 is 0 Å². The van der Waals surface area contributed by atoms with E-state index in [1.807, 2.05) is 30.9 Å². The van der Waals surface area contributed by atoms with E-state index in [0.29, 0.717) is 19.0 Å². The van der Waals surface area contributed by atoms with Crippen molar-refractivity contribution in [3.63, 3.8) is 0 Å². The molecule has 6 nitrogen and oxygen atoms in total. The van der Waals surface area contributed by atoms with Gasteiger partial charge in [0.25, 0.3) is 0 Å². The Labute approximate surface area is 178 Å². The average molecular weight is 410 g/mol. The molecule has 1 amide bonds. The van der Waals surface area contributed by atoms with Gasteiger partial charge in [-0.25, -0.2) is 0 Å². The summed E-state index contributed by atoms with van der Waals surface area (Å²) < 4.78 is 11.5. The van der Waals surface area contributed by atoms with Crippen LogP contribution in [-0.2, 0) is 4.79 Å². The first-order valence-electron chi connectivity index (χ1n) is 10.8. The van der Waals surface area contributed by atoms with Crippen LogP contribution in [0.3, 0.4) is 0 Å². The smallest absolute Gasteiger partial charge is 0.237 e. The van der Waals surface area contributed by atoms with Crippen LogP contribution in [0.1, 0.15) is 43.4 Å². The predicted octanol–water partition coefficient (Wildman–Crippen LogP) is 4.03. The molecule has 1 saturated heterocycles. The lowest BCUT2D eigenvalue weighted by molar-refractivity contribution is -0.125.